The average molecular weight is 264 g/mol. The number of anilines is 2. The minimum absolute atomic E-state index is 0.210. The first-order valence-electron chi connectivity index (χ1n) is 6.12. The van der Waals surface area contributed by atoms with Crippen LogP contribution in [-0.4, -0.2) is 29.7 Å². The van der Waals surface area contributed by atoms with Crippen LogP contribution in [0, 0.1) is 0 Å². The van der Waals surface area contributed by atoms with Crippen molar-refractivity contribution >= 4 is 29.2 Å². The Bertz CT molecular complexity index is 472. The minimum atomic E-state index is -0.241. The first-order valence-corrected chi connectivity index (χ1v) is 7.28. The predicted octanol–water partition coefficient (Wildman–Crippen LogP) is 2.49. The predicted molar refractivity (Wildman–Crippen MR) is 74.0 cm³/mol. The lowest BCUT2D eigenvalue weighted by atomic mass is 9.97. The Morgan fingerprint density at radius 2 is 2.28 bits per heavy atom. The van der Waals surface area contributed by atoms with Gasteiger partial charge in [0.05, 0.1) is 0 Å². The fourth-order valence-electron chi connectivity index (χ4n) is 2.49. The molecule has 1 aromatic rings. The molecule has 4 nitrogen and oxygen atoms in total. The van der Waals surface area contributed by atoms with E-state index in [1.807, 2.05) is 36.0 Å². The number of nitrogen functional groups attached to an aromatic ring is 1. The first-order chi connectivity index (χ1) is 8.69. The van der Waals surface area contributed by atoms with Crippen LogP contribution in [0.15, 0.2) is 24.3 Å². The quantitative estimate of drug-likeness (QED) is 0.792. The summed E-state index contributed by atoms with van der Waals surface area (Å²) in [4.78, 5) is 13.8. The van der Waals surface area contributed by atoms with Crippen LogP contribution in [0.2, 0.25) is 0 Å². The molecule has 1 aromatic carbocycles. The number of nitrogens with two attached hydrogens (primary N) is 1. The van der Waals surface area contributed by atoms with Gasteiger partial charge in [0.1, 0.15) is 5.60 Å². The van der Waals surface area contributed by atoms with Crippen molar-refractivity contribution < 1.29 is 9.53 Å². The highest BCUT2D eigenvalue weighted by atomic mass is 32.2. The van der Waals surface area contributed by atoms with Crippen molar-refractivity contribution in [3.05, 3.63) is 24.3 Å². The molecule has 5 heteroatoms. The van der Waals surface area contributed by atoms with E-state index < -0.39 is 0 Å². The van der Waals surface area contributed by atoms with Crippen molar-refractivity contribution in [3.8, 4) is 0 Å². The third kappa shape index (κ3) is 2.03. The van der Waals surface area contributed by atoms with Gasteiger partial charge in [-0.05, 0) is 30.4 Å². The van der Waals surface area contributed by atoms with E-state index in [0.29, 0.717) is 12.2 Å². The van der Waals surface area contributed by atoms with Crippen LogP contribution >= 0.6 is 11.8 Å². The maximum Gasteiger partial charge on any atom is 0.414 e. The van der Waals surface area contributed by atoms with E-state index in [1.54, 1.807) is 4.90 Å². The number of hydrogen-bond donors (Lipinski definition) is 1. The van der Waals surface area contributed by atoms with Gasteiger partial charge in [-0.3, -0.25) is 4.90 Å². The number of hydrogen-bond acceptors (Lipinski definition) is 4. The molecule has 1 atom stereocenters. The third-order valence-corrected chi connectivity index (χ3v) is 4.79. The smallest absolute Gasteiger partial charge is 0.414 e. The Morgan fingerprint density at radius 3 is 2.94 bits per heavy atom. The van der Waals surface area contributed by atoms with Gasteiger partial charge in [-0.2, -0.15) is 11.8 Å². The first kappa shape index (κ1) is 11.7. The molecule has 2 aliphatic rings. The SMILES string of the molecule is Nc1cccc(N2CCC3(CCSC3)OC2=O)c1. The van der Waals surface area contributed by atoms with Crippen molar-refractivity contribution in [2.24, 2.45) is 0 Å². The van der Waals surface area contributed by atoms with Crippen LogP contribution in [0.5, 0.6) is 0 Å². The number of amides is 1. The van der Waals surface area contributed by atoms with Crippen molar-refractivity contribution in [3.63, 3.8) is 0 Å². The number of nitrogens with zero attached hydrogens (tertiary/aromatic N) is 1. The van der Waals surface area contributed by atoms with Gasteiger partial charge < -0.3 is 10.5 Å². The number of ether oxygens (including phenoxy) is 1. The molecule has 2 N–H and O–H groups in total. The van der Waals surface area contributed by atoms with Crippen molar-refractivity contribution in [2.75, 3.05) is 28.7 Å². The molecule has 0 aromatic heterocycles. The normalized spacial score (nSPS) is 27.6. The molecule has 2 heterocycles. The van der Waals surface area contributed by atoms with Gasteiger partial charge in [0.25, 0.3) is 0 Å². The zero-order chi connectivity index (χ0) is 12.6. The van der Waals surface area contributed by atoms with Crippen molar-refractivity contribution in [1.82, 2.24) is 0 Å². The van der Waals surface area contributed by atoms with E-state index in [4.69, 9.17) is 10.5 Å². The van der Waals surface area contributed by atoms with Crippen LogP contribution < -0.4 is 10.6 Å². The van der Waals surface area contributed by atoms with E-state index in [0.717, 1.165) is 30.0 Å². The largest absolute Gasteiger partial charge is 0.442 e. The van der Waals surface area contributed by atoms with E-state index in [1.165, 1.54) is 0 Å². The molecule has 18 heavy (non-hydrogen) atoms. The summed E-state index contributed by atoms with van der Waals surface area (Å²) in [7, 11) is 0. The maximum absolute atomic E-state index is 12.1. The summed E-state index contributed by atoms with van der Waals surface area (Å²) in [5.74, 6) is 2.02. The van der Waals surface area contributed by atoms with Gasteiger partial charge in [-0.15, -0.1) is 0 Å². The highest BCUT2D eigenvalue weighted by Crippen LogP contribution is 2.38. The molecule has 1 unspecified atom stereocenters. The van der Waals surface area contributed by atoms with Gasteiger partial charge in [0.2, 0.25) is 0 Å². The maximum atomic E-state index is 12.1. The van der Waals surface area contributed by atoms with E-state index >= 15 is 0 Å². The molecule has 1 spiro atoms. The lowest BCUT2D eigenvalue weighted by molar-refractivity contribution is 0.0153. The molecule has 2 aliphatic heterocycles. The summed E-state index contributed by atoms with van der Waals surface area (Å²) < 4.78 is 5.67. The molecule has 2 saturated heterocycles. The molecular formula is C13H16N2O2S. The summed E-state index contributed by atoms with van der Waals surface area (Å²) in [5.41, 5.74) is 7.02. The van der Waals surface area contributed by atoms with E-state index in [-0.39, 0.29) is 11.7 Å². The number of carbonyl (C=O) groups excluding carboxylic acids is 1. The average Bonchev–Trinajstić information content (AvgIpc) is 2.77. The highest BCUT2D eigenvalue weighted by Gasteiger charge is 2.43. The standard InChI is InChI=1S/C13H16N2O2S/c14-10-2-1-3-11(8-10)15-6-4-13(17-12(15)16)5-7-18-9-13/h1-3,8H,4-7,9,14H2. The summed E-state index contributed by atoms with van der Waals surface area (Å²) >= 11 is 1.87. The number of thioether (sulfide) groups is 1. The summed E-state index contributed by atoms with van der Waals surface area (Å²) in [6, 6.07) is 7.36. The molecule has 0 aliphatic carbocycles. The van der Waals surface area contributed by atoms with Crippen molar-refractivity contribution in [2.45, 2.75) is 18.4 Å². The van der Waals surface area contributed by atoms with Gasteiger partial charge in [-0.25, -0.2) is 4.79 Å². The van der Waals surface area contributed by atoms with Crippen LogP contribution in [0.25, 0.3) is 0 Å². The number of benzene rings is 1. The number of rotatable bonds is 1. The van der Waals surface area contributed by atoms with Crippen LogP contribution in [0.3, 0.4) is 0 Å². The molecular weight excluding hydrogens is 248 g/mol. The van der Waals surface area contributed by atoms with E-state index in [9.17, 15) is 4.79 Å². The summed E-state index contributed by atoms with van der Waals surface area (Å²) in [5, 5.41) is 0. The second-order valence-corrected chi connectivity index (χ2v) is 5.96. The van der Waals surface area contributed by atoms with Crippen LogP contribution in [0.4, 0.5) is 16.2 Å². The summed E-state index contributed by atoms with van der Waals surface area (Å²) in [6.45, 7) is 0.711. The molecule has 0 saturated carbocycles. The van der Waals surface area contributed by atoms with E-state index in [2.05, 4.69) is 0 Å². The van der Waals surface area contributed by atoms with Crippen molar-refractivity contribution in [1.29, 1.82) is 0 Å². The third-order valence-electron chi connectivity index (χ3n) is 3.56. The Morgan fingerprint density at radius 1 is 1.39 bits per heavy atom. The summed E-state index contributed by atoms with van der Waals surface area (Å²) in [6.07, 6.45) is 1.64. The second-order valence-electron chi connectivity index (χ2n) is 4.85. The fourth-order valence-corrected chi connectivity index (χ4v) is 3.87. The fraction of sp³-hybridized carbons (Fsp3) is 0.462. The zero-order valence-corrected chi connectivity index (χ0v) is 10.9. The van der Waals surface area contributed by atoms with Gasteiger partial charge in [0, 0.05) is 30.1 Å². The molecule has 0 bridgehead atoms. The molecule has 96 valence electrons. The van der Waals surface area contributed by atoms with Crippen LogP contribution in [0.1, 0.15) is 12.8 Å². The van der Waals surface area contributed by atoms with Gasteiger partial charge in [0.15, 0.2) is 0 Å². The Kier molecular flexibility index (Phi) is 2.86. The molecule has 1 amide bonds. The molecule has 0 radical (unpaired) electrons. The topological polar surface area (TPSA) is 55.6 Å². The monoisotopic (exact) mass is 264 g/mol. The Balaban J connectivity index is 1.78. The Labute approximate surface area is 110 Å². The van der Waals surface area contributed by atoms with Gasteiger partial charge >= 0.3 is 6.09 Å². The minimum Gasteiger partial charge on any atom is -0.442 e. The zero-order valence-electron chi connectivity index (χ0n) is 10.1. The second kappa shape index (κ2) is 4.39. The molecule has 2 fully saturated rings. The lowest BCUT2D eigenvalue weighted by Gasteiger charge is -2.38. The number of carbonyl (C=O) groups is 1. The molecule has 3 rings (SSSR count). The highest BCUT2D eigenvalue weighted by molar-refractivity contribution is 7.99. The van der Waals surface area contributed by atoms with Gasteiger partial charge in [-0.1, -0.05) is 6.07 Å². The lowest BCUT2D eigenvalue weighted by Crippen LogP contribution is -2.49. The van der Waals surface area contributed by atoms with Crippen LogP contribution in [-0.2, 0) is 4.74 Å². The Hall–Kier alpha value is -1.36.